The van der Waals surface area contributed by atoms with E-state index in [-0.39, 0.29) is 29.2 Å². The molecule has 0 aliphatic carbocycles. The summed E-state index contributed by atoms with van der Waals surface area (Å²) in [5.41, 5.74) is -3.76. The maximum absolute atomic E-state index is 13.1. The first-order valence-electron chi connectivity index (χ1n) is 9.82. The molecule has 0 aliphatic rings. The molecule has 2 aromatic heterocycles. The molecule has 1 amide bonds. The lowest BCUT2D eigenvalue weighted by atomic mass is 10.0. The van der Waals surface area contributed by atoms with E-state index in [4.69, 9.17) is 5.26 Å². The van der Waals surface area contributed by atoms with Crippen LogP contribution in [0.5, 0.6) is 0 Å². The van der Waals surface area contributed by atoms with E-state index < -0.39 is 41.0 Å². The quantitative estimate of drug-likeness (QED) is 0.533. The minimum absolute atomic E-state index is 0.0588. The first-order valence-corrected chi connectivity index (χ1v) is 9.82. The zero-order chi connectivity index (χ0) is 26.1. The largest absolute Gasteiger partial charge is 0.416 e. The van der Waals surface area contributed by atoms with Crippen LogP contribution in [0.1, 0.15) is 45.8 Å². The normalized spacial score (nSPS) is 12.7. The molecule has 0 spiro atoms. The highest BCUT2D eigenvalue weighted by Gasteiger charge is 2.37. The number of nitriles is 1. The fourth-order valence-electron chi connectivity index (χ4n) is 2.96. The highest BCUT2D eigenvalue weighted by atomic mass is 19.4. The van der Waals surface area contributed by atoms with Crippen molar-refractivity contribution in [3.05, 3.63) is 64.6 Å². The van der Waals surface area contributed by atoms with Gasteiger partial charge < -0.3 is 10.2 Å². The number of carbonyl (C=O) groups is 1. The van der Waals surface area contributed by atoms with E-state index in [1.807, 2.05) is 6.07 Å². The predicted molar refractivity (Wildman–Crippen MR) is 111 cm³/mol. The SMILES string of the molecule is CC(NC(=O)c1cc(C(F)(F)F)cc(C(F)(F)F)c1)c1nc(N(C)C)nn1-c1ccc(C#N)cn1. The first-order chi connectivity index (χ1) is 16.2. The maximum atomic E-state index is 13.1. The molecule has 0 fully saturated rings. The first kappa shape index (κ1) is 25.5. The number of aromatic nitrogens is 4. The summed E-state index contributed by atoms with van der Waals surface area (Å²) in [5, 5.41) is 15.6. The number of nitrogens with one attached hydrogen (secondary N) is 1. The van der Waals surface area contributed by atoms with E-state index >= 15 is 0 Å². The molecule has 3 aromatic rings. The van der Waals surface area contributed by atoms with E-state index in [9.17, 15) is 31.1 Å². The third-order valence-corrected chi connectivity index (χ3v) is 4.70. The third-order valence-electron chi connectivity index (χ3n) is 4.70. The fraction of sp³-hybridized carbons (Fsp3) is 0.286. The molecule has 184 valence electrons. The van der Waals surface area contributed by atoms with Crippen LogP contribution in [0.3, 0.4) is 0 Å². The van der Waals surface area contributed by atoms with E-state index in [1.54, 1.807) is 19.0 Å². The summed E-state index contributed by atoms with van der Waals surface area (Å²) in [6.07, 6.45) is -8.91. The van der Waals surface area contributed by atoms with Gasteiger partial charge in [0.15, 0.2) is 11.6 Å². The van der Waals surface area contributed by atoms with Gasteiger partial charge in [0.05, 0.1) is 22.7 Å². The Morgan fingerprint density at radius 2 is 1.69 bits per heavy atom. The third kappa shape index (κ3) is 5.68. The Kier molecular flexibility index (Phi) is 6.73. The van der Waals surface area contributed by atoms with E-state index in [2.05, 4.69) is 20.4 Å². The van der Waals surface area contributed by atoms with Gasteiger partial charge in [-0.05, 0) is 37.3 Å². The number of alkyl halides is 6. The summed E-state index contributed by atoms with van der Waals surface area (Å²) in [7, 11) is 3.28. The second kappa shape index (κ2) is 9.24. The summed E-state index contributed by atoms with van der Waals surface area (Å²) >= 11 is 0. The van der Waals surface area contributed by atoms with Crippen LogP contribution in [-0.4, -0.2) is 39.8 Å². The molecule has 0 saturated heterocycles. The van der Waals surface area contributed by atoms with Crippen LogP contribution in [0, 0.1) is 11.3 Å². The number of benzene rings is 1. The molecular formula is C21H17F6N7O. The van der Waals surface area contributed by atoms with Crippen LogP contribution >= 0.6 is 0 Å². The Bertz CT molecular complexity index is 1240. The van der Waals surface area contributed by atoms with Gasteiger partial charge in [-0.15, -0.1) is 5.10 Å². The number of pyridine rings is 1. The number of hydrogen-bond acceptors (Lipinski definition) is 6. The van der Waals surface area contributed by atoms with Crippen LogP contribution in [0.15, 0.2) is 36.5 Å². The zero-order valence-corrected chi connectivity index (χ0v) is 18.4. The minimum Gasteiger partial charge on any atom is -0.346 e. The van der Waals surface area contributed by atoms with Crippen LogP contribution in [0.4, 0.5) is 32.3 Å². The van der Waals surface area contributed by atoms with Crippen molar-refractivity contribution in [1.82, 2.24) is 25.1 Å². The van der Waals surface area contributed by atoms with Crippen molar-refractivity contribution in [2.45, 2.75) is 25.3 Å². The lowest BCUT2D eigenvalue weighted by molar-refractivity contribution is -0.143. The number of amides is 1. The number of halogens is 6. The van der Waals surface area contributed by atoms with Crippen molar-refractivity contribution in [2.24, 2.45) is 0 Å². The smallest absolute Gasteiger partial charge is 0.346 e. The summed E-state index contributed by atoms with van der Waals surface area (Å²) in [4.78, 5) is 22.6. The van der Waals surface area contributed by atoms with Gasteiger partial charge in [0.25, 0.3) is 5.91 Å². The van der Waals surface area contributed by atoms with Crippen LogP contribution in [-0.2, 0) is 12.4 Å². The Balaban J connectivity index is 1.99. The molecule has 0 saturated carbocycles. The molecule has 0 bridgehead atoms. The molecule has 1 N–H and O–H groups in total. The Morgan fingerprint density at radius 1 is 1.09 bits per heavy atom. The van der Waals surface area contributed by atoms with Crippen molar-refractivity contribution < 1.29 is 31.1 Å². The summed E-state index contributed by atoms with van der Waals surface area (Å²) in [6, 6.07) is 4.46. The minimum atomic E-state index is -5.09. The fourth-order valence-corrected chi connectivity index (χ4v) is 2.96. The zero-order valence-electron chi connectivity index (χ0n) is 18.4. The number of anilines is 1. The molecule has 1 atom stereocenters. The number of rotatable bonds is 5. The van der Waals surface area contributed by atoms with Gasteiger partial charge in [-0.1, -0.05) is 0 Å². The van der Waals surface area contributed by atoms with Crippen molar-refractivity contribution in [2.75, 3.05) is 19.0 Å². The number of carbonyl (C=O) groups excluding carboxylic acids is 1. The number of nitrogens with zero attached hydrogens (tertiary/aromatic N) is 6. The molecular weight excluding hydrogens is 480 g/mol. The standard InChI is InChI=1S/C21H17F6N7O/c1-11(17-31-19(33(2)3)32-34(17)16-5-4-12(9-28)10-29-16)30-18(35)13-6-14(20(22,23)24)8-15(7-13)21(25,26)27/h4-8,10-11H,1-3H3,(H,30,35). The monoisotopic (exact) mass is 497 g/mol. The number of hydrogen-bond donors (Lipinski definition) is 1. The summed E-state index contributed by atoms with van der Waals surface area (Å²) in [5.74, 6) is -0.657. The van der Waals surface area contributed by atoms with Gasteiger partial charge in [0.2, 0.25) is 5.95 Å². The Morgan fingerprint density at radius 3 is 2.14 bits per heavy atom. The molecule has 3 rings (SSSR count). The maximum Gasteiger partial charge on any atom is 0.416 e. The van der Waals surface area contributed by atoms with E-state index in [1.165, 1.54) is 29.9 Å². The van der Waals surface area contributed by atoms with Crippen molar-refractivity contribution in [3.8, 4) is 11.9 Å². The molecule has 35 heavy (non-hydrogen) atoms. The highest BCUT2D eigenvalue weighted by molar-refractivity contribution is 5.94. The highest BCUT2D eigenvalue weighted by Crippen LogP contribution is 2.36. The average Bonchev–Trinajstić information content (AvgIpc) is 3.23. The molecule has 14 heteroatoms. The molecule has 1 aromatic carbocycles. The van der Waals surface area contributed by atoms with E-state index in [0.717, 1.165) is 0 Å². The van der Waals surface area contributed by atoms with Crippen LogP contribution < -0.4 is 10.2 Å². The van der Waals surface area contributed by atoms with Gasteiger partial charge in [0, 0.05) is 25.9 Å². The topological polar surface area (TPSA) is 99.7 Å². The van der Waals surface area contributed by atoms with Gasteiger partial charge in [-0.2, -0.15) is 41.3 Å². The van der Waals surface area contributed by atoms with Gasteiger partial charge in [0.1, 0.15) is 6.07 Å². The second-order valence-electron chi connectivity index (χ2n) is 7.58. The second-order valence-corrected chi connectivity index (χ2v) is 7.58. The van der Waals surface area contributed by atoms with Crippen LogP contribution in [0.2, 0.25) is 0 Å². The van der Waals surface area contributed by atoms with Gasteiger partial charge >= 0.3 is 12.4 Å². The van der Waals surface area contributed by atoms with Gasteiger partial charge in [-0.3, -0.25) is 4.79 Å². The molecule has 2 heterocycles. The van der Waals surface area contributed by atoms with E-state index in [0.29, 0.717) is 12.1 Å². The lowest BCUT2D eigenvalue weighted by Crippen LogP contribution is -2.29. The van der Waals surface area contributed by atoms with Crippen LogP contribution in [0.25, 0.3) is 5.82 Å². The van der Waals surface area contributed by atoms with Crippen molar-refractivity contribution in [1.29, 1.82) is 5.26 Å². The van der Waals surface area contributed by atoms with Gasteiger partial charge in [-0.25, -0.2) is 4.98 Å². The Labute approximate surface area is 194 Å². The molecule has 0 radical (unpaired) electrons. The lowest BCUT2D eigenvalue weighted by Gasteiger charge is -2.17. The molecule has 0 aliphatic heterocycles. The molecule has 1 unspecified atom stereocenters. The Hall–Kier alpha value is -4.15. The van der Waals surface area contributed by atoms with Crippen molar-refractivity contribution >= 4 is 11.9 Å². The predicted octanol–water partition coefficient (Wildman–Crippen LogP) is 4.13. The molecule has 8 nitrogen and oxygen atoms in total. The van der Waals surface area contributed by atoms with Crippen molar-refractivity contribution in [3.63, 3.8) is 0 Å². The summed E-state index contributed by atoms with van der Waals surface area (Å²) in [6.45, 7) is 1.43. The average molecular weight is 497 g/mol. The summed E-state index contributed by atoms with van der Waals surface area (Å²) < 4.78 is 80.1.